The number of amides is 1. The van der Waals surface area contributed by atoms with Gasteiger partial charge in [0.05, 0.1) is 5.75 Å². The maximum atomic E-state index is 12.9. The number of carbonyl (C=O) groups is 1. The van der Waals surface area contributed by atoms with E-state index < -0.39 is 10.0 Å². The molecule has 2 aromatic carbocycles. The van der Waals surface area contributed by atoms with E-state index >= 15 is 0 Å². The number of nitrogens with zero attached hydrogens (tertiary/aromatic N) is 1. The summed E-state index contributed by atoms with van der Waals surface area (Å²) in [5.41, 5.74) is 4.03. The molecule has 0 saturated carbocycles. The van der Waals surface area contributed by atoms with Crippen LogP contribution in [0.4, 0.5) is 5.69 Å². The fourth-order valence-corrected chi connectivity index (χ4v) is 5.34. The molecule has 0 radical (unpaired) electrons. The smallest absolute Gasteiger partial charge is 0.265 e. The molecular weight excluding hydrogens is 416 g/mol. The number of benzene rings is 2. The van der Waals surface area contributed by atoms with Crippen LogP contribution in [0.5, 0.6) is 0 Å². The summed E-state index contributed by atoms with van der Waals surface area (Å²) in [5.74, 6) is 5.03. The van der Waals surface area contributed by atoms with Gasteiger partial charge < -0.3 is 5.11 Å². The quantitative estimate of drug-likeness (QED) is 0.262. The number of piperidine rings is 1. The van der Waals surface area contributed by atoms with Gasteiger partial charge in [0.1, 0.15) is 0 Å². The summed E-state index contributed by atoms with van der Waals surface area (Å²) in [7, 11) is -3.57. The Morgan fingerprint density at radius 2 is 1.74 bits per heavy atom. The molecule has 3 rings (SSSR count). The Kier molecular flexibility index (Phi) is 8.03. The molecule has 1 aliphatic heterocycles. The molecule has 0 aliphatic carbocycles. The summed E-state index contributed by atoms with van der Waals surface area (Å²) >= 11 is 0. The molecule has 5 N–H and O–H groups in total. The molecule has 8 nitrogen and oxygen atoms in total. The van der Waals surface area contributed by atoms with Crippen molar-refractivity contribution in [1.82, 2.24) is 10.3 Å². The molecule has 1 saturated heterocycles. The number of hydrogen-bond donors (Lipinski definition) is 4. The van der Waals surface area contributed by atoms with Gasteiger partial charge in [-0.3, -0.25) is 19.8 Å². The molecule has 0 bridgehead atoms. The monoisotopic (exact) mass is 446 g/mol. The third-order valence-corrected chi connectivity index (χ3v) is 7.07. The Bertz CT molecular complexity index is 943. The number of nitrogens with two attached hydrogens (primary N) is 1. The van der Waals surface area contributed by atoms with Gasteiger partial charge in [-0.15, -0.1) is 0 Å². The number of hydrogen-bond acceptors (Lipinski definition) is 6. The first kappa shape index (κ1) is 23.2. The topological polar surface area (TPSA) is 125 Å². The predicted molar refractivity (Wildman–Crippen MR) is 121 cm³/mol. The first-order valence-corrected chi connectivity index (χ1v) is 12.1. The Labute approximate surface area is 183 Å². The van der Waals surface area contributed by atoms with Crippen LogP contribution in [0.3, 0.4) is 0 Å². The lowest BCUT2D eigenvalue weighted by molar-refractivity contribution is 0.0953. The standard InChI is InChI=1S/C22H30N4O4S/c23-24-22(28)19-8-6-17(7-9-19)14-21(26-12-10-18(15-27)11-13-26)16-31(29,30)25-20-4-2-1-3-5-20/h1-9,18,21,25,27H,10-16,23H2,(H,24,28). The molecule has 1 aliphatic rings. The molecule has 9 heteroatoms. The summed E-state index contributed by atoms with van der Waals surface area (Å²) in [6, 6.07) is 15.6. The zero-order valence-electron chi connectivity index (χ0n) is 17.4. The summed E-state index contributed by atoms with van der Waals surface area (Å²) in [4.78, 5) is 13.9. The zero-order chi connectivity index (χ0) is 22.3. The number of aliphatic hydroxyl groups is 1. The van der Waals surface area contributed by atoms with Gasteiger partial charge in [0.2, 0.25) is 10.0 Å². The van der Waals surface area contributed by atoms with E-state index in [4.69, 9.17) is 5.84 Å². The lowest BCUT2D eigenvalue weighted by Gasteiger charge is -2.37. The van der Waals surface area contributed by atoms with Crippen LogP contribution >= 0.6 is 0 Å². The fourth-order valence-electron chi connectivity index (χ4n) is 3.92. The summed E-state index contributed by atoms with van der Waals surface area (Å²) < 4.78 is 28.5. The van der Waals surface area contributed by atoms with Crippen LogP contribution in [0, 0.1) is 5.92 Å². The number of anilines is 1. The Balaban J connectivity index is 1.75. The molecule has 2 aromatic rings. The van der Waals surface area contributed by atoms with Crippen molar-refractivity contribution < 1.29 is 18.3 Å². The maximum Gasteiger partial charge on any atom is 0.265 e. The van der Waals surface area contributed by atoms with E-state index in [1.54, 1.807) is 36.4 Å². The molecule has 1 amide bonds. The maximum absolute atomic E-state index is 12.9. The molecule has 0 spiro atoms. The average molecular weight is 447 g/mol. The second-order valence-electron chi connectivity index (χ2n) is 7.94. The molecule has 0 aromatic heterocycles. The second kappa shape index (κ2) is 10.7. The van der Waals surface area contributed by atoms with Gasteiger partial charge in [0, 0.05) is 23.9 Å². The highest BCUT2D eigenvalue weighted by Gasteiger charge is 2.29. The van der Waals surface area contributed by atoms with Crippen molar-refractivity contribution in [3.8, 4) is 0 Å². The number of rotatable bonds is 9. The fraction of sp³-hybridized carbons (Fsp3) is 0.409. The second-order valence-corrected chi connectivity index (χ2v) is 9.71. The number of nitrogens with one attached hydrogen (secondary N) is 2. The van der Waals surface area contributed by atoms with Crippen molar-refractivity contribution in [2.75, 3.05) is 30.2 Å². The van der Waals surface area contributed by atoms with Crippen LogP contribution in [0.25, 0.3) is 0 Å². The summed E-state index contributed by atoms with van der Waals surface area (Å²) in [6.45, 7) is 1.64. The van der Waals surface area contributed by atoms with Crippen molar-refractivity contribution in [2.45, 2.75) is 25.3 Å². The third-order valence-electron chi connectivity index (χ3n) is 5.70. The summed E-state index contributed by atoms with van der Waals surface area (Å²) in [5, 5.41) is 9.43. The Morgan fingerprint density at radius 1 is 1.10 bits per heavy atom. The number of likely N-dealkylation sites (tertiary alicyclic amines) is 1. The Hall–Kier alpha value is -2.46. The van der Waals surface area contributed by atoms with E-state index in [1.165, 1.54) is 0 Å². The number of sulfonamides is 1. The van der Waals surface area contributed by atoms with Crippen molar-refractivity contribution in [1.29, 1.82) is 0 Å². The normalized spacial score (nSPS) is 16.6. The van der Waals surface area contributed by atoms with Gasteiger partial charge in [-0.1, -0.05) is 30.3 Å². The van der Waals surface area contributed by atoms with E-state index in [0.29, 0.717) is 17.7 Å². The van der Waals surface area contributed by atoms with Crippen molar-refractivity contribution in [3.05, 3.63) is 65.7 Å². The average Bonchev–Trinajstić information content (AvgIpc) is 2.79. The first-order chi connectivity index (χ1) is 14.9. The highest BCUT2D eigenvalue weighted by molar-refractivity contribution is 7.92. The largest absolute Gasteiger partial charge is 0.396 e. The third kappa shape index (κ3) is 6.76. The van der Waals surface area contributed by atoms with Crippen LogP contribution in [0.2, 0.25) is 0 Å². The van der Waals surface area contributed by atoms with Gasteiger partial charge in [0.25, 0.3) is 5.91 Å². The number of carbonyl (C=O) groups excluding carboxylic acids is 1. The van der Waals surface area contributed by atoms with Crippen LogP contribution < -0.4 is 16.0 Å². The minimum absolute atomic E-state index is 0.0449. The highest BCUT2D eigenvalue weighted by atomic mass is 32.2. The molecule has 1 fully saturated rings. The van der Waals surface area contributed by atoms with E-state index in [1.807, 2.05) is 18.2 Å². The minimum atomic E-state index is -3.57. The first-order valence-electron chi connectivity index (χ1n) is 10.4. The molecule has 1 atom stereocenters. The van der Waals surface area contributed by atoms with Crippen molar-refractivity contribution in [3.63, 3.8) is 0 Å². The van der Waals surface area contributed by atoms with Crippen LogP contribution in [-0.2, 0) is 16.4 Å². The molecule has 1 heterocycles. The van der Waals surface area contributed by atoms with E-state index in [0.717, 1.165) is 31.5 Å². The lowest BCUT2D eigenvalue weighted by atomic mass is 9.95. The minimum Gasteiger partial charge on any atom is -0.396 e. The molecular formula is C22H30N4O4S. The zero-order valence-corrected chi connectivity index (χ0v) is 18.2. The predicted octanol–water partition coefficient (Wildman–Crippen LogP) is 1.35. The SMILES string of the molecule is NNC(=O)c1ccc(CC(CS(=O)(=O)Nc2ccccc2)N2CCC(CO)CC2)cc1. The lowest BCUT2D eigenvalue weighted by Crippen LogP contribution is -2.47. The van der Waals surface area contributed by atoms with Crippen molar-refractivity contribution in [2.24, 2.45) is 11.8 Å². The van der Waals surface area contributed by atoms with Crippen LogP contribution in [0.1, 0.15) is 28.8 Å². The van der Waals surface area contributed by atoms with Gasteiger partial charge in [-0.2, -0.15) is 0 Å². The summed E-state index contributed by atoms with van der Waals surface area (Å²) in [6.07, 6.45) is 2.22. The molecule has 1 unspecified atom stereocenters. The number of para-hydroxylation sites is 1. The number of nitrogen functional groups attached to an aromatic ring is 1. The highest BCUT2D eigenvalue weighted by Crippen LogP contribution is 2.22. The van der Waals surface area contributed by atoms with Crippen molar-refractivity contribution >= 4 is 21.6 Å². The Morgan fingerprint density at radius 3 is 2.32 bits per heavy atom. The van der Waals surface area contributed by atoms with Crippen LogP contribution in [-0.4, -0.2) is 55.8 Å². The van der Waals surface area contributed by atoms with E-state index in [-0.39, 0.29) is 30.2 Å². The molecule has 31 heavy (non-hydrogen) atoms. The number of aliphatic hydroxyl groups excluding tert-OH is 1. The van der Waals surface area contributed by atoms with Gasteiger partial charge >= 0.3 is 0 Å². The molecule has 168 valence electrons. The van der Waals surface area contributed by atoms with E-state index in [2.05, 4.69) is 15.0 Å². The number of hydrazine groups is 1. The van der Waals surface area contributed by atoms with E-state index in [9.17, 15) is 18.3 Å². The van der Waals surface area contributed by atoms with Gasteiger partial charge in [-0.25, -0.2) is 14.3 Å². The van der Waals surface area contributed by atoms with Gasteiger partial charge in [-0.05, 0) is 68.1 Å². The van der Waals surface area contributed by atoms with Gasteiger partial charge in [0.15, 0.2) is 0 Å². The van der Waals surface area contributed by atoms with Crippen LogP contribution in [0.15, 0.2) is 54.6 Å².